The van der Waals surface area contributed by atoms with Crippen LogP contribution >= 0.6 is 7.82 Å². The summed E-state index contributed by atoms with van der Waals surface area (Å²) in [7, 11) is -4.64. The number of phosphoric acid groups is 1. The Bertz CT molecular complexity index is 207. The maximum atomic E-state index is 9.46. The summed E-state index contributed by atoms with van der Waals surface area (Å²) in [5.41, 5.74) is 9.28. The van der Waals surface area contributed by atoms with Gasteiger partial charge in [-0.2, -0.15) is 0 Å². The zero-order valence-electron chi connectivity index (χ0n) is 5.65. The van der Waals surface area contributed by atoms with Crippen LogP contribution in [0.5, 0.6) is 0 Å². The van der Waals surface area contributed by atoms with E-state index < -0.39 is 19.9 Å². The smallest absolute Gasteiger partial charge is 0.463 e. The second-order valence-corrected chi connectivity index (χ2v) is 2.36. The third kappa shape index (κ3) is 67.1. The summed E-state index contributed by atoms with van der Waals surface area (Å²) in [5.74, 6) is -0.437. The van der Waals surface area contributed by atoms with E-state index in [2.05, 4.69) is 16.5 Å². The SMILES string of the molecule is NC(N)=NC(=O)O.O=P(O)(O)O. The Morgan fingerprint density at radius 2 is 1.50 bits per heavy atom. The first-order valence-corrected chi connectivity index (χ1v) is 3.80. The third-order valence-corrected chi connectivity index (χ3v) is 0.225. The number of carboxylic acid groups (broad SMARTS) is 1. The largest absolute Gasteiger partial charge is 0.466 e. The van der Waals surface area contributed by atoms with Crippen LogP contribution in [0.15, 0.2) is 4.99 Å². The van der Waals surface area contributed by atoms with Crippen molar-refractivity contribution in [3.63, 3.8) is 0 Å². The van der Waals surface area contributed by atoms with Gasteiger partial charge in [0, 0.05) is 0 Å². The lowest BCUT2D eigenvalue weighted by molar-refractivity contribution is 0.205. The lowest BCUT2D eigenvalue weighted by Gasteiger charge is -1.82. The predicted molar refractivity (Wildman–Crippen MR) is 38.1 cm³/mol. The summed E-state index contributed by atoms with van der Waals surface area (Å²) >= 11 is 0. The van der Waals surface area contributed by atoms with Crippen LogP contribution in [-0.2, 0) is 4.57 Å². The number of nitrogens with two attached hydrogens (primary N) is 2. The standard InChI is InChI=1S/C2H5N3O2.H3O4P/c3-1(4)5-2(6)7;1-5(2,3)4/h(H,6,7)(H4,3,4,5);(H3,1,2,3,4). The van der Waals surface area contributed by atoms with Crippen molar-refractivity contribution in [2.75, 3.05) is 0 Å². The lowest BCUT2D eigenvalue weighted by Crippen LogP contribution is -2.23. The minimum Gasteiger partial charge on any atom is -0.463 e. The molecule has 0 aliphatic rings. The molecule has 0 aliphatic heterocycles. The summed E-state index contributed by atoms with van der Waals surface area (Å²) in [4.78, 5) is 33.7. The summed E-state index contributed by atoms with van der Waals surface area (Å²) in [6, 6.07) is 0. The zero-order valence-corrected chi connectivity index (χ0v) is 6.55. The molecule has 0 aliphatic carbocycles. The van der Waals surface area contributed by atoms with Gasteiger partial charge in [-0.25, -0.2) is 9.36 Å². The molecule has 12 heavy (non-hydrogen) atoms. The maximum Gasteiger partial charge on any atom is 0.466 e. The van der Waals surface area contributed by atoms with Gasteiger partial charge in [-0.15, -0.1) is 4.99 Å². The Kier molecular flexibility index (Phi) is 6.15. The molecule has 0 saturated carbocycles. The van der Waals surface area contributed by atoms with Gasteiger partial charge in [0.2, 0.25) is 0 Å². The van der Waals surface area contributed by atoms with Gasteiger partial charge in [-0.1, -0.05) is 0 Å². The van der Waals surface area contributed by atoms with Crippen LogP contribution in [0.25, 0.3) is 0 Å². The van der Waals surface area contributed by atoms with Crippen molar-refractivity contribution < 1.29 is 29.1 Å². The lowest BCUT2D eigenvalue weighted by atomic mass is 11.0. The Hall–Kier alpha value is -1.15. The highest BCUT2D eigenvalue weighted by atomic mass is 31.2. The highest BCUT2D eigenvalue weighted by molar-refractivity contribution is 7.45. The van der Waals surface area contributed by atoms with Gasteiger partial charge in [-0.05, 0) is 0 Å². The highest BCUT2D eigenvalue weighted by Crippen LogP contribution is 2.25. The monoisotopic (exact) mass is 201 g/mol. The molecular formula is C2H8N3O6P. The van der Waals surface area contributed by atoms with E-state index in [1.54, 1.807) is 0 Å². The fourth-order valence-corrected chi connectivity index (χ4v) is 0.110. The molecule has 1 amide bonds. The quantitative estimate of drug-likeness (QED) is 0.148. The number of hydrogen-bond donors (Lipinski definition) is 6. The fourth-order valence-electron chi connectivity index (χ4n) is 0.110. The van der Waals surface area contributed by atoms with Crippen LogP contribution in [0.4, 0.5) is 4.79 Å². The highest BCUT2D eigenvalue weighted by Gasteiger charge is 2.00. The molecule has 0 heterocycles. The number of guanidine groups is 1. The topological polar surface area (TPSA) is 179 Å². The van der Waals surface area contributed by atoms with Crippen molar-refractivity contribution >= 4 is 19.9 Å². The first-order valence-electron chi connectivity index (χ1n) is 2.23. The van der Waals surface area contributed by atoms with Crippen molar-refractivity contribution in [3.8, 4) is 0 Å². The predicted octanol–water partition coefficient (Wildman–Crippen LogP) is -1.99. The van der Waals surface area contributed by atoms with E-state index in [0.717, 1.165) is 0 Å². The van der Waals surface area contributed by atoms with Gasteiger partial charge < -0.3 is 31.3 Å². The van der Waals surface area contributed by atoms with Crippen LogP contribution in [0.3, 0.4) is 0 Å². The Balaban J connectivity index is 0. The molecule has 0 unspecified atom stereocenters. The molecule has 8 N–H and O–H groups in total. The van der Waals surface area contributed by atoms with E-state index >= 15 is 0 Å². The molecule has 0 aromatic heterocycles. The van der Waals surface area contributed by atoms with E-state index in [4.69, 9.17) is 24.4 Å². The van der Waals surface area contributed by atoms with E-state index in [-0.39, 0.29) is 0 Å². The van der Waals surface area contributed by atoms with Crippen LogP contribution in [0, 0.1) is 0 Å². The number of hydrogen-bond acceptors (Lipinski definition) is 2. The summed E-state index contributed by atoms with van der Waals surface area (Å²) in [5, 5.41) is 7.74. The second kappa shape index (κ2) is 5.49. The first kappa shape index (κ1) is 13.4. The van der Waals surface area contributed by atoms with Gasteiger partial charge in [0.05, 0.1) is 0 Å². The van der Waals surface area contributed by atoms with Gasteiger partial charge in [0.25, 0.3) is 0 Å². The Morgan fingerprint density at radius 1 is 1.25 bits per heavy atom. The van der Waals surface area contributed by atoms with Gasteiger partial charge in [0.1, 0.15) is 0 Å². The second-order valence-electron chi connectivity index (χ2n) is 1.33. The van der Waals surface area contributed by atoms with E-state index in [9.17, 15) is 4.79 Å². The number of aliphatic imine (C=N–C) groups is 1. The average Bonchev–Trinajstić information content (AvgIpc) is 1.52. The van der Waals surface area contributed by atoms with Crippen LogP contribution in [0.2, 0.25) is 0 Å². The maximum absolute atomic E-state index is 9.46. The molecule has 72 valence electrons. The molecule has 0 bridgehead atoms. The number of amides is 1. The van der Waals surface area contributed by atoms with E-state index in [1.807, 2.05) is 0 Å². The van der Waals surface area contributed by atoms with Gasteiger partial charge >= 0.3 is 13.9 Å². The van der Waals surface area contributed by atoms with Gasteiger partial charge in [0.15, 0.2) is 5.96 Å². The van der Waals surface area contributed by atoms with Crippen LogP contribution in [0.1, 0.15) is 0 Å². The van der Waals surface area contributed by atoms with Crippen molar-refractivity contribution in [1.29, 1.82) is 0 Å². The molecule has 0 aromatic rings. The number of nitrogens with zero attached hydrogens (tertiary/aromatic N) is 1. The minimum atomic E-state index is -4.64. The Morgan fingerprint density at radius 3 is 1.50 bits per heavy atom. The van der Waals surface area contributed by atoms with Crippen molar-refractivity contribution in [2.45, 2.75) is 0 Å². The molecule has 0 spiro atoms. The summed E-state index contributed by atoms with van der Waals surface area (Å²) in [6.07, 6.45) is -1.37. The van der Waals surface area contributed by atoms with E-state index in [1.165, 1.54) is 0 Å². The molecule has 10 heteroatoms. The molecule has 0 radical (unpaired) electrons. The molecule has 9 nitrogen and oxygen atoms in total. The number of carbonyl (C=O) groups is 1. The molecule has 0 fully saturated rings. The van der Waals surface area contributed by atoms with Crippen molar-refractivity contribution in [1.82, 2.24) is 0 Å². The van der Waals surface area contributed by atoms with E-state index in [0.29, 0.717) is 0 Å². The van der Waals surface area contributed by atoms with Crippen LogP contribution in [-0.4, -0.2) is 31.8 Å². The molecular weight excluding hydrogens is 193 g/mol. The summed E-state index contributed by atoms with van der Waals surface area (Å²) < 4.78 is 8.88. The third-order valence-electron chi connectivity index (χ3n) is 0.225. The Labute approximate surface area is 66.6 Å². The van der Waals surface area contributed by atoms with Crippen molar-refractivity contribution in [3.05, 3.63) is 0 Å². The van der Waals surface area contributed by atoms with Crippen LogP contribution < -0.4 is 11.5 Å². The molecule has 0 saturated heterocycles. The average molecular weight is 201 g/mol. The summed E-state index contributed by atoms with van der Waals surface area (Å²) in [6.45, 7) is 0. The first-order chi connectivity index (χ1) is 5.13. The zero-order chi connectivity index (χ0) is 10.4. The number of rotatable bonds is 0. The molecule has 0 aromatic carbocycles. The van der Waals surface area contributed by atoms with Crippen molar-refractivity contribution in [2.24, 2.45) is 16.5 Å². The molecule has 0 rings (SSSR count). The minimum absolute atomic E-state index is 0.437. The molecule has 0 atom stereocenters. The normalized spacial score (nSPS) is 9.25. The fraction of sp³-hybridized carbons (Fsp3) is 0. The van der Waals surface area contributed by atoms with Gasteiger partial charge in [-0.3, -0.25) is 0 Å².